The number of amides is 1. The van der Waals surface area contributed by atoms with Gasteiger partial charge in [-0.2, -0.15) is 4.39 Å². The lowest BCUT2D eigenvalue weighted by molar-refractivity contribution is -0.118. The van der Waals surface area contributed by atoms with E-state index in [1.807, 2.05) is 16.7 Å². The summed E-state index contributed by atoms with van der Waals surface area (Å²) in [7, 11) is 3.40. The summed E-state index contributed by atoms with van der Waals surface area (Å²) in [5.74, 6) is -1.15. The molecule has 10 nitrogen and oxygen atoms in total. The Morgan fingerprint density at radius 1 is 1.22 bits per heavy atom. The fourth-order valence-corrected chi connectivity index (χ4v) is 5.52. The van der Waals surface area contributed by atoms with Crippen molar-refractivity contribution in [3.05, 3.63) is 53.1 Å². The van der Waals surface area contributed by atoms with Gasteiger partial charge in [-0.25, -0.2) is 9.78 Å². The molecule has 5 aromatic rings. The molecule has 190 valence electrons. The number of pyridine rings is 1. The second-order valence-corrected chi connectivity index (χ2v) is 9.53. The fourth-order valence-electron chi connectivity index (χ4n) is 5.52. The highest BCUT2D eigenvalue weighted by Gasteiger charge is 2.28. The molecule has 1 aromatic carbocycles. The van der Waals surface area contributed by atoms with E-state index in [1.165, 1.54) is 4.68 Å². The van der Waals surface area contributed by atoms with Gasteiger partial charge in [0, 0.05) is 37.6 Å². The largest absolute Gasteiger partial charge is 0.387 e. The number of aromatic amines is 1. The first kappa shape index (κ1) is 23.2. The number of aromatic nitrogens is 6. The highest BCUT2D eigenvalue weighted by Crippen LogP contribution is 2.43. The van der Waals surface area contributed by atoms with Crippen molar-refractivity contribution in [2.45, 2.75) is 31.7 Å². The molecule has 4 aromatic heterocycles. The first-order valence-electron chi connectivity index (χ1n) is 12.2. The van der Waals surface area contributed by atoms with E-state index in [1.54, 1.807) is 43.2 Å². The zero-order chi connectivity index (χ0) is 25.8. The number of nitrogens with one attached hydrogen (secondary N) is 2. The number of aryl methyl sites for hydroxylation is 2. The molecule has 0 bridgehead atoms. The Balaban J connectivity index is 1.68. The molecule has 0 saturated heterocycles. The lowest BCUT2D eigenvalue weighted by Gasteiger charge is -2.13. The van der Waals surface area contributed by atoms with E-state index in [0.29, 0.717) is 28.1 Å². The predicted molar refractivity (Wildman–Crippen MR) is 138 cm³/mol. The van der Waals surface area contributed by atoms with Gasteiger partial charge < -0.3 is 15.4 Å². The zero-order valence-corrected chi connectivity index (χ0v) is 20.5. The van der Waals surface area contributed by atoms with Crippen molar-refractivity contribution >= 4 is 33.7 Å². The number of rotatable bonds is 5. The Morgan fingerprint density at radius 3 is 2.59 bits per heavy atom. The molecule has 1 aliphatic carbocycles. The summed E-state index contributed by atoms with van der Waals surface area (Å²) in [6.45, 7) is -0.620. The Labute approximate surface area is 210 Å². The molecule has 37 heavy (non-hydrogen) atoms. The van der Waals surface area contributed by atoms with E-state index in [0.717, 1.165) is 42.1 Å². The van der Waals surface area contributed by atoms with Crippen molar-refractivity contribution in [2.24, 2.45) is 14.1 Å². The lowest BCUT2D eigenvalue weighted by atomic mass is 9.99. The second kappa shape index (κ2) is 8.70. The molecule has 0 aliphatic heterocycles. The maximum Gasteiger partial charge on any atom is 0.329 e. The first-order chi connectivity index (χ1) is 17.9. The maximum absolute atomic E-state index is 15.0. The van der Waals surface area contributed by atoms with Crippen LogP contribution in [0.25, 0.3) is 44.5 Å². The molecular formula is C26H26FN7O3. The van der Waals surface area contributed by atoms with Crippen molar-refractivity contribution in [1.29, 1.82) is 0 Å². The van der Waals surface area contributed by atoms with Gasteiger partial charge in [0.2, 0.25) is 11.9 Å². The van der Waals surface area contributed by atoms with Crippen LogP contribution in [0.5, 0.6) is 0 Å². The summed E-state index contributed by atoms with van der Waals surface area (Å²) in [5.41, 5.74) is 4.65. The standard InChI is InChI=1S/C26H26FN7O3/c1-32-12-17(24(27)31-32)22-20(14-7-9-15(10-8-14)29-19(36)13-35)21-23-18(11-28-25(21)30-22)33(2)26(37)34(23)16-5-3-4-6-16/h7-12,16,35H,3-6,13H2,1-2H3,(H,28,30)(H,29,36). The number of benzene rings is 1. The number of aliphatic hydroxyl groups is 1. The molecule has 0 radical (unpaired) electrons. The van der Waals surface area contributed by atoms with E-state index in [2.05, 4.69) is 20.4 Å². The predicted octanol–water partition coefficient (Wildman–Crippen LogP) is 3.47. The number of anilines is 1. The Morgan fingerprint density at radius 2 is 1.95 bits per heavy atom. The summed E-state index contributed by atoms with van der Waals surface area (Å²) in [4.78, 5) is 33.0. The third-order valence-corrected chi connectivity index (χ3v) is 7.21. The number of halogens is 1. The summed E-state index contributed by atoms with van der Waals surface area (Å²) in [6.07, 6.45) is 7.26. The minimum atomic E-state index is -0.625. The highest BCUT2D eigenvalue weighted by atomic mass is 19.1. The third kappa shape index (κ3) is 3.65. The van der Waals surface area contributed by atoms with E-state index in [4.69, 9.17) is 5.11 Å². The van der Waals surface area contributed by atoms with Crippen LogP contribution in [0.15, 0.2) is 41.5 Å². The maximum atomic E-state index is 15.0. The molecule has 0 atom stereocenters. The fraction of sp³-hybridized carbons (Fsp3) is 0.308. The van der Waals surface area contributed by atoms with Gasteiger partial charge in [0.05, 0.1) is 33.9 Å². The average molecular weight is 504 g/mol. The van der Waals surface area contributed by atoms with Crippen LogP contribution in [0.4, 0.5) is 10.1 Å². The Hall–Kier alpha value is -4.25. The second-order valence-electron chi connectivity index (χ2n) is 9.53. The molecule has 6 rings (SSSR count). The van der Waals surface area contributed by atoms with Crippen LogP contribution >= 0.6 is 0 Å². The van der Waals surface area contributed by atoms with Crippen LogP contribution in [0, 0.1) is 5.95 Å². The molecule has 1 saturated carbocycles. The number of hydrogen-bond donors (Lipinski definition) is 3. The zero-order valence-electron chi connectivity index (χ0n) is 20.5. The number of aliphatic hydroxyl groups excluding tert-OH is 1. The monoisotopic (exact) mass is 503 g/mol. The summed E-state index contributed by atoms with van der Waals surface area (Å²) >= 11 is 0. The van der Waals surface area contributed by atoms with Gasteiger partial charge in [-0.3, -0.25) is 18.6 Å². The third-order valence-electron chi connectivity index (χ3n) is 7.21. The van der Waals surface area contributed by atoms with Gasteiger partial charge in [-0.15, -0.1) is 5.10 Å². The van der Waals surface area contributed by atoms with Gasteiger partial charge in [-0.1, -0.05) is 25.0 Å². The van der Waals surface area contributed by atoms with Gasteiger partial charge in [0.25, 0.3) is 0 Å². The molecule has 1 amide bonds. The number of H-pyrrole nitrogens is 1. The van der Waals surface area contributed by atoms with Gasteiger partial charge in [0.15, 0.2) is 0 Å². The van der Waals surface area contributed by atoms with E-state index in [-0.39, 0.29) is 17.3 Å². The Kier molecular flexibility index (Phi) is 5.45. The SMILES string of the molecule is Cn1cc(-c2[nH]c3ncc4c(c3c2-c2ccc(NC(=O)CO)cc2)n(C2CCCC2)c(=O)n4C)c(F)n1. The molecule has 1 fully saturated rings. The van der Waals surface area contributed by atoms with E-state index < -0.39 is 18.5 Å². The summed E-state index contributed by atoms with van der Waals surface area (Å²) < 4.78 is 19.9. The quantitative estimate of drug-likeness (QED) is 0.339. The number of imidazole rings is 1. The van der Waals surface area contributed by atoms with Crippen molar-refractivity contribution < 1.29 is 14.3 Å². The van der Waals surface area contributed by atoms with E-state index >= 15 is 0 Å². The Bertz CT molecular complexity index is 1720. The first-order valence-corrected chi connectivity index (χ1v) is 12.2. The van der Waals surface area contributed by atoms with Crippen molar-refractivity contribution in [2.75, 3.05) is 11.9 Å². The number of nitrogens with zero attached hydrogens (tertiary/aromatic N) is 5. The molecule has 4 heterocycles. The van der Waals surface area contributed by atoms with Crippen molar-refractivity contribution in [3.63, 3.8) is 0 Å². The van der Waals surface area contributed by atoms with Gasteiger partial charge in [-0.05, 0) is 30.5 Å². The topological polar surface area (TPSA) is 123 Å². The molecular weight excluding hydrogens is 477 g/mol. The van der Waals surface area contributed by atoms with Crippen LogP contribution in [-0.4, -0.2) is 46.5 Å². The smallest absolute Gasteiger partial charge is 0.329 e. The number of hydrogen-bond acceptors (Lipinski definition) is 5. The molecule has 0 spiro atoms. The van der Waals surface area contributed by atoms with Crippen LogP contribution in [0.1, 0.15) is 31.7 Å². The van der Waals surface area contributed by atoms with Crippen LogP contribution in [0.2, 0.25) is 0 Å². The lowest BCUT2D eigenvalue weighted by Crippen LogP contribution is -2.24. The number of carbonyl (C=O) groups is 1. The minimum Gasteiger partial charge on any atom is -0.387 e. The highest BCUT2D eigenvalue weighted by molar-refractivity contribution is 6.14. The summed E-state index contributed by atoms with van der Waals surface area (Å²) in [5, 5.41) is 16.3. The molecule has 1 aliphatic rings. The normalized spacial score (nSPS) is 14.3. The van der Waals surface area contributed by atoms with Gasteiger partial charge >= 0.3 is 5.69 Å². The molecule has 0 unspecified atom stereocenters. The number of carbonyl (C=O) groups excluding carboxylic acids is 1. The van der Waals surface area contributed by atoms with Crippen LogP contribution in [0.3, 0.4) is 0 Å². The van der Waals surface area contributed by atoms with Gasteiger partial charge in [0.1, 0.15) is 12.3 Å². The van der Waals surface area contributed by atoms with E-state index in [9.17, 15) is 14.0 Å². The van der Waals surface area contributed by atoms with Crippen molar-refractivity contribution in [3.8, 4) is 22.4 Å². The summed E-state index contributed by atoms with van der Waals surface area (Å²) in [6, 6.07) is 7.14. The minimum absolute atomic E-state index is 0.0826. The van der Waals surface area contributed by atoms with Crippen LogP contribution < -0.4 is 11.0 Å². The van der Waals surface area contributed by atoms with Crippen LogP contribution in [-0.2, 0) is 18.9 Å². The van der Waals surface area contributed by atoms with Crippen molar-refractivity contribution in [1.82, 2.24) is 28.9 Å². The molecule has 3 N–H and O–H groups in total. The number of fused-ring (bicyclic) bond motifs is 3. The average Bonchev–Trinajstić information content (AvgIpc) is 3.66. The molecule has 11 heteroatoms.